The first-order valence-corrected chi connectivity index (χ1v) is 7.19. The van der Waals surface area contributed by atoms with Crippen LogP contribution >= 0.6 is 15.9 Å². The molecule has 2 N–H and O–H groups in total. The first-order chi connectivity index (χ1) is 8.56. The highest BCUT2D eigenvalue weighted by molar-refractivity contribution is 9.10. The van der Waals surface area contributed by atoms with Gasteiger partial charge >= 0.3 is 0 Å². The van der Waals surface area contributed by atoms with Crippen LogP contribution in [0.3, 0.4) is 0 Å². The van der Waals surface area contributed by atoms with E-state index in [9.17, 15) is 10.2 Å². The summed E-state index contributed by atoms with van der Waals surface area (Å²) in [6.07, 6.45) is 0.302. The zero-order valence-corrected chi connectivity index (χ0v) is 12.2. The number of rotatable bonds is 4. The molecule has 1 fully saturated rings. The summed E-state index contributed by atoms with van der Waals surface area (Å²) in [6, 6.07) is 7.78. The summed E-state index contributed by atoms with van der Waals surface area (Å²) in [4.78, 5) is 2.23. The molecular weight excluding hydrogens is 294 g/mol. The molecule has 0 aromatic heterocycles. The SMILES string of the molecule is CC(O)C1CCN(CC(O)c2cccc(Br)c2)C1. The fourth-order valence-corrected chi connectivity index (χ4v) is 2.90. The van der Waals surface area contributed by atoms with Crippen LogP contribution in [0.5, 0.6) is 0 Å². The Morgan fingerprint density at radius 3 is 2.83 bits per heavy atom. The van der Waals surface area contributed by atoms with E-state index in [4.69, 9.17) is 0 Å². The van der Waals surface area contributed by atoms with Gasteiger partial charge < -0.3 is 15.1 Å². The number of nitrogens with zero attached hydrogens (tertiary/aromatic N) is 1. The Kier molecular flexibility index (Phi) is 4.78. The minimum absolute atomic E-state index is 0.252. The van der Waals surface area contributed by atoms with Crippen molar-refractivity contribution >= 4 is 15.9 Å². The third-order valence-electron chi connectivity index (χ3n) is 3.66. The van der Waals surface area contributed by atoms with Gasteiger partial charge in [-0.05, 0) is 43.5 Å². The topological polar surface area (TPSA) is 43.7 Å². The number of halogens is 1. The Balaban J connectivity index is 1.90. The first-order valence-electron chi connectivity index (χ1n) is 6.40. The van der Waals surface area contributed by atoms with E-state index in [0.717, 1.165) is 29.5 Å². The van der Waals surface area contributed by atoms with Crippen LogP contribution in [0.2, 0.25) is 0 Å². The van der Waals surface area contributed by atoms with Crippen molar-refractivity contribution in [1.29, 1.82) is 0 Å². The summed E-state index contributed by atoms with van der Waals surface area (Å²) in [5, 5.41) is 19.8. The molecule has 1 aliphatic rings. The second kappa shape index (κ2) is 6.15. The minimum Gasteiger partial charge on any atom is -0.393 e. The number of benzene rings is 1. The average molecular weight is 314 g/mol. The van der Waals surface area contributed by atoms with E-state index in [-0.39, 0.29) is 6.10 Å². The van der Waals surface area contributed by atoms with Gasteiger partial charge in [0.15, 0.2) is 0 Å². The van der Waals surface area contributed by atoms with Gasteiger partial charge in [-0.3, -0.25) is 0 Å². The standard InChI is InChI=1S/C14H20BrNO2/c1-10(17)12-5-6-16(8-12)9-14(18)11-3-2-4-13(15)7-11/h2-4,7,10,12,14,17-18H,5-6,8-9H2,1H3. The number of likely N-dealkylation sites (tertiary alicyclic amines) is 1. The van der Waals surface area contributed by atoms with Crippen molar-refractivity contribution in [2.24, 2.45) is 5.92 Å². The molecule has 1 aliphatic heterocycles. The van der Waals surface area contributed by atoms with Crippen molar-refractivity contribution in [3.05, 3.63) is 34.3 Å². The van der Waals surface area contributed by atoms with E-state index in [1.807, 2.05) is 31.2 Å². The number of β-amino-alcohol motifs (C(OH)–C–C–N with tert-alkyl or cyclic N) is 1. The van der Waals surface area contributed by atoms with Crippen LogP contribution in [-0.4, -0.2) is 40.9 Å². The van der Waals surface area contributed by atoms with Crippen LogP contribution in [0.15, 0.2) is 28.7 Å². The van der Waals surface area contributed by atoms with E-state index in [1.54, 1.807) is 0 Å². The molecule has 18 heavy (non-hydrogen) atoms. The molecule has 0 saturated carbocycles. The van der Waals surface area contributed by atoms with Crippen molar-refractivity contribution in [2.45, 2.75) is 25.6 Å². The smallest absolute Gasteiger partial charge is 0.0917 e. The maximum absolute atomic E-state index is 10.2. The van der Waals surface area contributed by atoms with Crippen molar-refractivity contribution < 1.29 is 10.2 Å². The van der Waals surface area contributed by atoms with Crippen LogP contribution in [0.1, 0.15) is 25.0 Å². The van der Waals surface area contributed by atoms with Gasteiger partial charge in [-0.15, -0.1) is 0 Å². The Morgan fingerprint density at radius 2 is 2.22 bits per heavy atom. The van der Waals surface area contributed by atoms with Crippen molar-refractivity contribution in [1.82, 2.24) is 4.90 Å². The van der Waals surface area contributed by atoms with Gasteiger partial charge in [-0.2, -0.15) is 0 Å². The third kappa shape index (κ3) is 3.54. The summed E-state index contributed by atoms with van der Waals surface area (Å²) in [7, 11) is 0. The lowest BCUT2D eigenvalue weighted by molar-refractivity contribution is 0.104. The van der Waals surface area contributed by atoms with Gasteiger partial charge in [0.1, 0.15) is 0 Å². The molecule has 100 valence electrons. The Hall–Kier alpha value is -0.420. The van der Waals surface area contributed by atoms with Gasteiger partial charge in [0.05, 0.1) is 12.2 Å². The molecule has 0 bridgehead atoms. The summed E-state index contributed by atoms with van der Waals surface area (Å²) in [6.45, 7) is 4.32. The monoisotopic (exact) mass is 313 g/mol. The maximum Gasteiger partial charge on any atom is 0.0917 e. The van der Waals surface area contributed by atoms with Crippen LogP contribution in [0.25, 0.3) is 0 Å². The van der Waals surface area contributed by atoms with Crippen LogP contribution in [0, 0.1) is 5.92 Å². The lowest BCUT2D eigenvalue weighted by Crippen LogP contribution is -2.28. The summed E-state index contributed by atoms with van der Waals surface area (Å²) < 4.78 is 0.988. The molecule has 1 heterocycles. The molecule has 0 spiro atoms. The van der Waals surface area contributed by atoms with Crippen LogP contribution < -0.4 is 0 Å². The highest BCUT2D eigenvalue weighted by Crippen LogP contribution is 2.24. The summed E-state index contributed by atoms with van der Waals surface area (Å²) in [5.41, 5.74) is 0.935. The van der Waals surface area contributed by atoms with Gasteiger partial charge in [0, 0.05) is 17.6 Å². The van der Waals surface area contributed by atoms with Gasteiger partial charge in [0.2, 0.25) is 0 Å². The van der Waals surface area contributed by atoms with E-state index in [1.165, 1.54) is 0 Å². The number of aliphatic hydroxyl groups excluding tert-OH is 2. The lowest BCUT2D eigenvalue weighted by Gasteiger charge is -2.21. The van der Waals surface area contributed by atoms with Gasteiger partial charge in [0.25, 0.3) is 0 Å². The predicted molar refractivity (Wildman–Crippen MR) is 75.3 cm³/mol. The predicted octanol–water partition coefficient (Wildman–Crippen LogP) is 2.19. The van der Waals surface area contributed by atoms with Crippen LogP contribution in [0.4, 0.5) is 0 Å². The normalized spacial score (nSPS) is 24.1. The van der Waals surface area contributed by atoms with E-state index >= 15 is 0 Å². The molecule has 1 aromatic carbocycles. The van der Waals surface area contributed by atoms with Gasteiger partial charge in [-0.1, -0.05) is 28.1 Å². The molecule has 1 aromatic rings. The fourth-order valence-electron chi connectivity index (χ4n) is 2.49. The molecule has 0 amide bonds. The number of hydrogen-bond acceptors (Lipinski definition) is 3. The molecule has 1 saturated heterocycles. The van der Waals surface area contributed by atoms with Crippen molar-refractivity contribution in [3.8, 4) is 0 Å². The molecule has 3 nitrogen and oxygen atoms in total. The summed E-state index contributed by atoms with van der Waals surface area (Å²) in [5.74, 6) is 0.347. The molecule has 3 unspecified atom stereocenters. The molecule has 4 heteroatoms. The largest absolute Gasteiger partial charge is 0.393 e. The first kappa shape index (κ1) is 14.0. The molecule has 0 radical (unpaired) electrons. The fraction of sp³-hybridized carbons (Fsp3) is 0.571. The maximum atomic E-state index is 10.2. The van der Waals surface area contributed by atoms with E-state index in [0.29, 0.717) is 12.5 Å². The zero-order chi connectivity index (χ0) is 13.1. The minimum atomic E-state index is -0.463. The lowest BCUT2D eigenvalue weighted by atomic mass is 10.0. The molecule has 3 atom stereocenters. The van der Waals surface area contributed by atoms with Crippen molar-refractivity contribution in [3.63, 3.8) is 0 Å². The van der Waals surface area contributed by atoms with Crippen LogP contribution in [-0.2, 0) is 0 Å². The second-order valence-corrected chi connectivity index (χ2v) is 6.04. The highest BCUT2D eigenvalue weighted by Gasteiger charge is 2.27. The molecule has 0 aliphatic carbocycles. The molecule has 2 rings (SSSR count). The van der Waals surface area contributed by atoms with E-state index < -0.39 is 6.10 Å². The summed E-state index contributed by atoms with van der Waals surface area (Å²) >= 11 is 3.41. The van der Waals surface area contributed by atoms with E-state index in [2.05, 4.69) is 20.8 Å². The molecular formula is C14H20BrNO2. The Bertz CT molecular complexity index is 397. The third-order valence-corrected chi connectivity index (χ3v) is 4.15. The number of hydrogen-bond donors (Lipinski definition) is 2. The second-order valence-electron chi connectivity index (χ2n) is 5.12. The number of aliphatic hydroxyl groups is 2. The van der Waals surface area contributed by atoms with Gasteiger partial charge in [-0.25, -0.2) is 0 Å². The van der Waals surface area contributed by atoms with Crippen molar-refractivity contribution in [2.75, 3.05) is 19.6 Å². The Morgan fingerprint density at radius 1 is 1.44 bits per heavy atom. The highest BCUT2D eigenvalue weighted by atomic mass is 79.9. The average Bonchev–Trinajstić information content (AvgIpc) is 2.77. The zero-order valence-electron chi connectivity index (χ0n) is 10.6. The quantitative estimate of drug-likeness (QED) is 0.895. The Labute approximate surface area is 117 Å².